The van der Waals surface area contributed by atoms with Crippen molar-refractivity contribution in [3.8, 4) is 11.1 Å². The molecule has 1 fully saturated rings. The van der Waals surface area contributed by atoms with Crippen LogP contribution in [0, 0.1) is 0 Å². The van der Waals surface area contributed by atoms with Crippen molar-refractivity contribution in [2.24, 2.45) is 0 Å². The summed E-state index contributed by atoms with van der Waals surface area (Å²) in [5, 5.41) is 0. The molecule has 3 aromatic rings. The normalized spacial score (nSPS) is 17.9. The summed E-state index contributed by atoms with van der Waals surface area (Å²) in [6.45, 7) is 1.75. The highest BCUT2D eigenvalue weighted by atomic mass is 19.4. The monoisotopic (exact) mass is 483 g/mol. The molecule has 1 saturated heterocycles. The van der Waals surface area contributed by atoms with E-state index >= 15 is 0 Å². The van der Waals surface area contributed by atoms with E-state index in [0.29, 0.717) is 22.3 Å². The fourth-order valence-electron chi connectivity index (χ4n) is 4.26. The molecule has 1 amide bonds. The van der Waals surface area contributed by atoms with Gasteiger partial charge in [0.15, 0.2) is 0 Å². The van der Waals surface area contributed by atoms with Crippen LogP contribution in [0.3, 0.4) is 0 Å². The minimum Gasteiger partial charge on any atom is -0.469 e. The summed E-state index contributed by atoms with van der Waals surface area (Å²) in [5.74, 6) is -0.421. The second-order valence-corrected chi connectivity index (χ2v) is 8.41. The maximum absolute atomic E-state index is 13.5. The Morgan fingerprint density at radius 3 is 2.46 bits per heavy atom. The molecule has 35 heavy (non-hydrogen) atoms. The van der Waals surface area contributed by atoms with Crippen molar-refractivity contribution < 1.29 is 32.2 Å². The van der Waals surface area contributed by atoms with Crippen LogP contribution in [0.4, 0.5) is 18.0 Å². The topological polar surface area (TPSA) is 55.8 Å². The molecule has 3 aromatic carbocycles. The number of cyclic esters (lactones) is 1. The molecular weight excluding hydrogens is 459 g/mol. The molecule has 0 aliphatic carbocycles. The summed E-state index contributed by atoms with van der Waals surface area (Å²) < 4.78 is 50.9. The minimum atomic E-state index is -4.54. The lowest BCUT2D eigenvalue weighted by Crippen LogP contribution is -2.31. The summed E-state index contributed by atoms with van der Waals surface area (Å²) in [4.78, 5) is 25.9. The van der Waals surface area contributed by atoms with Gasteiger partial charge in [-0.3, -0.25) is 9.69 Å². The third-order valence-corrected chi connectivity index (χ3v) is 6.11. The van der Waals surface area contributed by atoms with Crippen LogP contribution in [0.1, 0.15) is 35.3 Å². The standard InChI is InChI=1S/C27H24F3NO4/c1-17-25(19-8-4-3-5-9-19)35-26(33)31(17)16-21-15-22(27(28,29)30)11-12-23(21)20-10-6-7-18(13-20)14-24(32)34-2/h3-13,15,17,25H,14,16H2,1-2H3/t17-,25-/m0/s1. The Balaban J connectivity index is 1.70. The Morgan fingerprint density at radius 2 is 1.77 bits per heavy atom. The number of halogens is 3. The van der Waals surface area contributed by atoms with Gasteiger partial charge in [0.1, 0.15) is 6.10 Å². The number of carbonyl (C=O) groups excluding carboxylic acids is 2. The highest BCUT2D eigenvalue weighted by molar-refractivity contribution is 5.75. The second kappa shape index (κ2) is 9.82. The molecule has 5 nitrogen and oxygen atoms in total. The summed E-state index contributed by atoms with van der Waals surface area (Å²) in [7, 11) is 1.29. The van der Waals surface area contributed by atoms with Gasteiger partial charge >= 0.3 is 18.2 Å². The number of ether oxygens (including phenoxy) is 2. The lowest BCUT2D eigenvalue weighted by Gasteiger charge is -2.23. The summed E-state index contributed by atoms with van der Waals surface area (Å²) in [6, 6.07) is 19.3. The largest absolute Gasteiger partial charge is 0.469 e. The Kier molecular flexibility index (Phi) is 6.82. The summed E-state index contributed by atoms with van der Waals surface area (Å²) in [5.41, 5.74) is 2.17. The smallest absolute Gasteiger partial charge is 0.416 e. The van der Waals surface area contributed by atoms with Crippen LogP contribution in [0.5, 0.6) is 0 Å². The number of carbonyl (C=O) groups is 2. The molecule has 0 spiro atoms. The van der Waals surface area contributed by atoms with Gasteiger partial charge in [-0.2, -0.15) is 13.2 Å². The van der Waals surface area contributed by atoms with E-state index in [2.05, 4.69) is 0 Å². The number of benzene rings is 3. The first-order chi connectivity index (χ1) is 16.7. The van der Waals surface area contributed by atoms with E-state index < -0.39 is 35.9 Å². The van der Waals surface area contributed by atoms with E-state index in [4.69, 9.17) is 9.47 Å². The molecule has 1 aliphatic heterocycles. The van der Waals surface area contributed by atoms with Crippen LogP contribution in [0.2, 0.25) is 0 Å². The lowest BCUT2D eigenvalue weighted by atomic mass is 9.94. The molecule has 2 atom stereocenters. The van der Waals surface area contributed by atoms with Gasteiger partial charge in [0.25, 0.3) is 0 Å². The Morgan fingerprint density at radius 1 is 1.03 bits per heavy atom. The predicted molar refractivity (Wildman–Crippen MR) is 123 cm³/mol. The van der Waals surface area contributed by atoms with Gasteiger partial charge in [0, 0.05) is 0 Å². The van der Waals surface area contributed by atoms with Crippen molar-refractivity contribution in [3.63, 3.8) is 0 Å². The Labute approximate surface area is 201 Å². The van der Waals surface area contributed by atoms with Crippen LogP contribution in [-0.2, 0) is 33.4 Å². The molecule has 0 aromatic heterocycles. The van der Waals surface area contributed by atoms with E-state index in [-0.39, 0.29) is 13.0 Å². The van der Waals surface area contributed by atoms with E-state index in [0.717, 1.165) is 17.7 Å². The fourth-order valence-corrected chi connectivity index (χ4v) is 4.26. The van der Waals surface area contributed by atoms with Crippen molar-refractivity contribution in [1.29, 1.82) is 0 Å². The summed E-state index contributed by atoms with van der Waals surface area (Å²) >= 11 is 0. The molecule has 0 N–H and O–H groups in total. The van der Waals surface area contributed by atoms with Gasteiger partial charge in [0.2, 0.25) is 0 Å². The fraction of sp³-hybridized carbons (Fsp3) is 0.259. The van der Waals surface area contributed by atoms with Gasteiger partial charge in [-0.1, -0.05) is 60.7 Å². The van der Waals surface area contributed by atoms with Crippen LogP contribution in [-0.4, -0.2) is 30.1 Å². The number of amides is 1. The number of methoxy groups -OCH3 is 1. The number of alkyl halides is 3. The molecule has 182 valence electrons. The van der Waals surface area contributed by atoms with Crippen molar-refractivity contribution in [3.05, 3.63) is 95.1 Å². The second-order valence-electron chi connectivity index (χ2n) is 8.41. The molecule has 0 saturated carbocycles. The Hall–Kier alpha value is -3.81. The first-order valence-electron chi connectivity index (χ1n) is 11.1. The first kappa shape index (κ1) is 24.3. The van der Waals surface area contributed by atoms with Crippen LogP contribution >= 0.6 is 0 Å². The third kappa shape index (κ3) is 5.31. The SMILES string of the molecule is COC(=O)Cc1cccc(-c2ccc(C(F)(F)F)cc2CN2C(=O)O[C@H](c3ccccc3)[C@@H]2C)c1. The molecule has 1 aliphatic rings. The van der Waals surface area contributed by atoms with Crippen LogP contribution < -0.4 is 0 Å². The molecule has 8 heteroatoms. The van der Waals surface area contributed by atoms with Gasteiger partial charge in [-0.15, -0.1) is 0 Å². The highest BCUT2D eigenvalue weighted by Crippen LogP contribution is 2.37. The zero-order valence-corrected chi connectivity index (χ0v) is 19.2. The molecular formula is C27H24F3NO4. The average molecular weight is 483 g/mol. The van der Waals surface area contributed by atoms with E-state index in [1.807, 2.05) is 37.3 Å². The van der Waals surface area contributed by atoms with Gasteiger partial charge in [-0.25, -0.2) is 4.79 Å². The number of hydrogen-bond donors (Lipinski definition) is 0. The lowest BCUT2D eigenvalue weighted by molar-refractivity contribution is -0.140. The first-order valence-corrected chi connectivity index (χ1v) is 11.1. The van der Waals surface area contributed by atoms with Crippen LogP contribution in [0.25, 0.3) is 11.1 Å². The molecule has 0 unspecified atom stereocenters. The average Bonchev–Trinajstić information content (AvgIpc) is 3.12. The van der Waals surface area contributed by atoms with Gasteiger partial charge < -0.3 is 9.47 Å². The maximum atomic E-state index is 13.5. The number of nitrogens with zero attached hydrogens (tertiary/aromatic N) is 1. The Bertz CT molecular complexity index is 1230. The maximum Gasteiger partial charge on any atom is 0.416 e. The van der Waals surface area contributed by atoms with Crippen molar-refractivity contribution in [2.45, 2.75) is 38.2 Å². The number of esters is 1. The molecule has 4 rings (SSSR count). The molecule has 0 radical (unpaired) electrons. The molecule has 0 bridgehead atoms. The quantitative estimate of drug-likeness (QED) is 0.394. The van der Waals surface area contributed by atoms with E-state index in [1.54, 1.807) is 24.3 Å². The van der Waals surface area contributed by atoms with Crippen molar-refractivity contribution >= 4 is 12.1 Å². The van der Waals surface area contributed by atoms with E-state index in [9.17, 15) is 22.8 Å². The number of rotatable bonds is 6. The molecule has 1 heterocycles. The zero-order chi connectivity index (χ0) is 25.2. The van der Waals surface area contributed by atoms with Gasteiger partial charge in [0.05, 0.1) is 31.7 Å². The minimum absolute atomic E-state index is 0.0363. The summed E-state index contributed by atoms with van der Waals surface area (Å²) in [6.07, 6.45) is -5.62. The van der Waals surface area contributed by atoms with Crippen molar-refractivity contribution in [2.75, 3.05) is 7.11 Å². The zero-order valence-electron chi connectivity index (χ0n) is 19.2. The predicted octanol–water partition coefficient (Wildman–Crippen LogP) is 6.17. The van der Waals surface area contributed by atoms with Crippen LogP contribution in [0.15, 0.2) is 72.8 Å². The third-order valence-electron chi connectivity index (χ3n) is 6.11. The van der Waals surface area contributed by atoms with Crippen molar-refractivity contribution in [1.82, 2.24) is 4.90 Å². The number of hydrogen-bond acceptors (Lipinski definition) is 4. The highest BCUT2D eigenvalue weighted by Gasteiger charge is 2.40. The van der Waals surface area contributed by atoms with E-state index in [1.165, 1.54) is 18.1 Å². The van der Waals surface area contributed by atoms with Gasteiger partial charge in [-0.05, 0) is 46.9 Å².